The molecule has 0 aromatic heterocycles. The van der Waals surface area contributed by atoms with Crippen molar-refractivity contribution in [3.8, 4) is 5.75 Å². The van der Waals surface area contributed by atoms with Crippen molar-refractivity contribution in [3.05, 3.63) is 23.2 Å². The van der Waals surface area contributed by atoms with Crippen LogP contribution in [0.3, 0.4) is 0 Å². The van der Waals surface area contributed by atoms with Crippen LogP contribution in [0.2, 0.25) is 5.02 Å². The normalized spacial score (nSPS) is 29.2. The number of hydrogen-bond acceptors (Lipinski definition) is 2. The summed E-state index contributed by atoms with van der Waals surface area (Å²) in [4.78, 5) is 0. The molecule has 0 radical (unpaired) electrons. The van der Waals surface area contributed by atoms with Crippen LogP contribution >= 0.6 is 11.6 Å². The molecule has 1 aromatic rings. The summed E-state index contributed by atoms with van der Waals surface area (Å²) in [6.07, 6.45) is 4.27. The Bertz CT molecular complexity index is 446. The number of rotatable bonds is 4. The lowest BCUT2D eigenvalue weighted by molar-refractivity contribution is 0.242. The first-order valence-corrected chi connectivity index (χ1v) is 7.24. The zero-order valence-electron chi connectivity index (χ0n) is 10.9. The quantitative estimate of drug-likeness (QED) is 0.875. The molecule has 3 atom stereocenters. The average Bonchev–Trinajstić information content (AvgIpc) is 2.99. The van der Waals surface area contributed by atoms with Crippen LogP contribution in [0.5, 0.6) is 5.75 Å². The van der Waals surface area contributed by atoms with Crippen molar-refractivity contribution < 1.29 is 4.74 Å². The lowest BCUT2D eigenvalue weighted by atomic mass is 10.1. The smallest absolute Gasteiger partial charge is 0.138 e. The molecule has 18 heavy (non-hydrogen) atoms. The van der Waals surface area contributed by atoms with E-state index < -0.39 is 0 Å². The Morgan fingerprint density at radius 2 is 2.17 bits per heavy atom. The molecule has 1 unspecified atom stereocenters. The zero-order valence-corrected chi connectivity index (χ0v) is 11.7. The summed E-state index contributed by atoms with van der Waals surface area (Å²) in [5, 5.41) is 4.31. The van der Waals surface area contributed by atoms with E-state index in [2.05, 4.69) is 11.4 Å². The van der Waals surface area contributed by atoms with Gasteiger partial charge in [-0.05, 0) is 63.1 Å². The van der Waals surface area contributed by atoms with Gasteiger partial charge in [0, 0.05) is 11.7 Å². The molecule has 2 saturated carbocycles. The maximum atomic E-state index is 6.24. The van der Waals surface area contributed by atoms with E-state index in [1.807, 2.05) is 26.0 Å². The van der Waals surface area contributed by atoms with E-state index in [0.29, 0.717) is 11.1 Å². The summed E-state index contributed by atoms with van der Waals surface area (Å²) >= 11 is 6.24. The Hall–Kier alpha value is -0.890. The van der Waals surface area contributed by atoms with E-state index in [-0.39, 0.29) is 6.10 Å². The van der Waals surface area contributed by atoms with Crippen LogP contribution in [-0.4, -0.2) is 12.1 Å². The van der Waals surface area contributed by atoms with Gasteiger partial charge in [0.1, 0.15) is 5.75 Å². The predicted molar refractivity (Wildman–Crippen MR) is 75.5 cm³/mol. The van der Waals surface area contributed by atoms with Gasteiger partial charge in [0.25, 0.3) is 0 Å². The first kappa shape index (κ1) is 12.2. The number of ether oxygens (including phenoxy) is 1. The zero-order chi connectivity index (χ0) is 12.7. The predicted octanol–water partition coefficient (Wildman–Crippen LogP) is 4.34. The largest absolute Gasteiger partial charge is 0.489 e. The lowest BCUT2D eigenvalue weighted by Gasteiger charge is -2.17. The molecule has 2 nitrogen and oxygen atoms in total. The lowest BCUT2D eigenvalue weighted by Crippen LogP contribution is -2.18. The van der Waals surface area contributed by atoms with Crippen molar-refractivity contribution in [2.75, 3.05) is 5.32 Å². The molecule has 0 amide bonds. The summed E-state index contributed by atoms with van der Waals surface area (Å²) in [5.74, 6) is 2.69. The molecule has 1 aromatic carbocycles. The van der Waals surface area contributed by atoms with Crippen molar-refractivity contribution in [2.45, 2.75) is 45.3 Å². The van der Waals surface area contributed by atoms with E-state index in [0.717, 1.165) is 23.3 Å². The van der Waals surface area contributed by atoms with Gasteiger partial charge < -0.3 is 10.1 Å². The van der Waals surface area contributed by atoms with E-state index in [1.165, 1.54) is 19.3 Å². The third kappa shape index (κ3) is 2.44. The van der Waals surface area contributed by atoms with Crippen LogP contribution in [0.15, 0.2) is 18.2 Å². The third-order valence-electron chi connectivity index (χ3n) is 3.99. The van der Waals surface area contributed by atoms with Gasteiger partial charge in [0.15, 0.2) is 0 Å². The van der Waals surface area contributed by atoms with Gasteiger partial charge in [-0.15, -0.1) is 0 Å². The van der Waals surface area contributed by atoms with Crippen LogP contribution in [0, 0.1) is 11.8 Å². The highest BCUT2D eigenvalue weighted by Gasteiger charge is 2.47. The molecule has 2 aliphatic rings. The van der Waals surface area contributed by atoms with E-state index in [9.17, 15) is 0 Å². The first-order chi connectivity index (χ1) is 8.63. The van der Waals surface area contributed by atoms with Crippen LogP contribution in [-0.2, 0) is 0 Å². The summed E-state index contributed by atoms with van der Waals surface area (Å²) in [7, 11) is 0. The number of halogens is 1. The maximum Gasteiger partial charge on any atom is 0.138 e. The third-order valence-corrected chi connectivity index (χ3v) is 4.28. The average molecular weight is 266 g/mol. The highest BCUT2D eigenvalue weighted by atomic mass is 35.5. The topological polar surface area (TPSA) is 21.3 Å². The van der Waals surface area contributed by atoms with Crippen LogP contribution < -0.4 is 10.1 Å². The molecule has 0 heterocycles. The van der Waals surface area contributed by atoms with Crippen molar-refractivity contribution in [1.29, 1.82) is 0 Å². The molecule has 0 aliphatic heterocycles. The van der Waals surface area contributed by atoms with Crippen LogP contribution in [0.1, 0.15) is 33.1 Å². The van der Waals surface area contributed by atoms with Gasteiger partial charge in [-0.2, -0.15) is 0 Å². The number of nitrogens with one attached hydrogen (secondary N) is 1. The van der Waals surface area contributed by atoms with Gasteiger partial charge in [-0.25, -0.2) is 0 Å². The Morgan fingerprint density at radius 1 is 1.33 bits per heavy atom. The number of benzene rings is 1. The minimum atomic E-state index is 0.156. The Morgan fingerprint density at radius 3 is 2.72 bits per heavy atom. The summed E-state index contributed by atoms with van der Waals surface area (Å²) in [6, 6.07) is 6.67. The van der Waals surface area contributed by atoms with Gasteiger partial charge >= 0.3 is 0 Å². The summed E-state index contributed by atoms with van der Waals surface area (Å²) < 4.78 is 5.64. The van der Waals surface area contributed by atoms with Crippen molar-refractivity contribution >= 4 is 17.3 Å². The van der Waals surface area contributed by atoms with Crippen molar-refractivity contribution in [3.63, 3.8) is 0 Å². The molecule has 0 saturated heterocycles. The number of fused-ring (bicyclic) bond motifs is 1. The second kappa shape index (κ2) is 4.65. The minimum Gasteiger partial charge on any atom is -0.489 e. The Balaban J connectivity index is 1.67. The fraction of sp³-hybridized carbons (Fsp3) is 0.600. The molecule has 98 valence electrons. The fourth-order valence-corrected chi connectivity index (χ4v) is 3.26. The van der Waals surface area contributed by atoms with Gasteiger partial charge in [-0.1, -0.05) is 11.6 Å². The van der Waals surface area contributed by atoms with Crippen molar-refractivity contribution in [2.24, 2.45) is 11.8 Å². The second-order valence-electron chi connectivity index (χ2n) is 5.80. The highest BCUT2D eigenvalue weighted by molar-refractivity contribution is 6.32. The second-order valence-corrected chi connectivity index (χ2v) is 6.21. The highest BCUT2D eigenvalue weighted by Crippen LogP contribution is 2.52. The number of anilines is 1. The molecule has 2 fully saturated rings. The number of hydrogen-bond donors (Lipinski definition) is 1. The first-order valence-electron chi connectivity index (χ1n) is 6.86. The van der Waals surface area contributed by atoms with Crippen molar-refractivity contribution in [1.82, 2.24) is 0 Å². The molecule has 1 N–H and O–H groups in total. The summed E-state index contributed by atoms with van der Waals surface area (Å²) in [5.41, 5.74) is 1.12. The Labute approximate surface area is 114 Å². The molecule has 0 bridgehead atoms. The molecule has 0 spiro atoms. The van der Waals surface area contributed by atoms with E-state index in [1.54, 1.807) is 0 Å². The standard InChI is InChI=1S/C15H20ClNO/c1-9(2)18-15-6-4-11(8-13(15)16)17-14-5-3-10-7-12(10)14/h4,6,8-10,12,14,17H,3,5,7H2,1-2H3/t10-,12+,14?/m0/s1. The molecular weight excluding hydrogens is 246 g/mol. The minimum absolute atomic E-state index is 0.156. The van der Waals surface area contributed by atoms with Gasteiger partial charge in [0.05, 0.1) is 11.1 Å². The molecular formula is C15H20ClNO. The summed E-state index contributed by atoms with van der Waals surface area (Å²) in [6.45, 7) is 4.02. The molecule has 2 aliphatic carbocycles. The van der Waals surface area contributed by atoms with Crippen LogP contribution in [0.25, 0.3) is 0 Å². The van der Waals surface area contributed by atoms with Crippen LogP contribution in [0.4, 0.5) is 5.69 Å². The van der Waals surface area contributed by atoms with E-state index >= 15 is 0 Å². The Kier molecular flexibility index (Phi) is 3.14. The maximum absolute atomic E-state index is 6.24. The van der Waals surface area contributed by atoms with Gasteiger partial charge in [-0.3, -0.25) is 0 Å². The molecule has 3 heteroatoms. The monoisotopic (exact) mass is 265 g/mol. The van der Waals surface area contributed by atoms with E-state index in [4.69, 9.17) is 16.3 Å². The molecule has 3 rings (SSSR count). The van der Waals surface area contributed by atoms with Gasteiger partial charge in [0.2, 0.25) is 0 Å². The SMILES string of the molecule is CC(C)Oc1ccc(NC2CC[C@H]3C[C@@H]23)cc1Cl. The fourth-order valence-electron chi connectivity index (χ4n) is 3.04.